The van der Waals surface area contributed by atoms with E-state index in [1.807, 2.05) is 30.3 Å². The van der Waals surface area contributed by atoms with Crippen molar-refractivity contribution in [3.63, 3.8) is 0 Å². The number of thioether (sulfide) groups is 1. The van der Waals surface area contributed by atoms with Crippen LogP contribution in [0.3, 0.4) is 0 Å². The lowest BCUT2D eigenvalue weighted by atomic mass is 10.0. The lowest BCUT2D eigenvalue weighted by Gasteiger charge is -2.36. The van der Waals surface area contributed by atoms with Crippen LogP contribution in [0.5, 0.6) is 0 Å². The van der Waals surface area contributed by atoms with Crippen molar-refractivity contribution < 1.29 is 28.1 Å². The monoisotopic (exact) mass is 515 g/mol. The molecule has 1 aliphatic rings. The molecule has 0 bridgehead atoms. The van der Waals surface area contributed by atoms with Gasteiger partial charge in [0.05, 0.1) is 30.3 Å². The Balaban J connectivity index is 1.55. The summed E-state index contributed by atoms with van der Waals surface area (Å²) in [5, 5.41) is 18.5. The number of aliphatic hydroxyl groups excluding tert-OH is 2. The molecule has 35 heavy (non-hydrogen) atoms. The number of anilines is 1. The van der Waals surface area contributed by atoms with E-state index in [4.69, 9.17) is 14.6 Å². The lowest BCUT2D eigenvalue weighted by Crippen LogP contribution is -2.31. The van der Waals surface area contributed by atoms with Gasteiger partial charge >= 0.3 is 0 Å². The lowest BCUT2D eigenvalue weighted by molar-refractivity contribution is -0.245. The summed E-state index contributed by atoms with van der Waals surface area (Å²) in [6.07, 6.45) is -0.385. The molecule has 0 aliphatic carbocycles. The van der Waals surface area contributed by atoms with Gasteiger partial charge in [0.25, 0.3) is 10.0 Å². The van der Waals surface area contributed by atoms with Crippen molar-refractivity contribution in [2.75, 3.05) is 22.8 Å². The minimum atomic E-state index is -3.73. The normalized spacial score (nSPS) is 20.5. The highest BCUT2D eigenvalue weighted by atomic mass is 32.2. The molecule has 3 N–H and O–H groups in total. The standard InChI is InChI=1S/C26H29NO6S2/c28-13-14-34-18-23-16-25(20-11-9-19(17-29)10-12-20)33-26(32-23)21-5-4-6-22(15-21)27-35(30,31)24-7-2-1-3-8-24/h1-12,15,23,25-29H,13-14,16-18H2/t23-,25+,26+/m0/s1. The Morgan fingerprint density at radius 3 is 2.40 bits per heavy atom. The highest BCUT2D eigenvalue weighted by Crippen LogP contribution is 2.39. The van der Waals surface area contributed by atoms with Gasteiger partial charge in [0.15, 0.2) is 6.29 Å². The maximum atomic E-state index is 12.8. The number of nitrogens with one attached hydrogen (secondary N) is 1. The Bertz CT molecular complexity index is 1190. The third-order valence-electron chi connectivity index (χ3n) is 5.62. The predicted octanol–water partition coefficient (Wildman–Crippen LogP) is 4.25. The molecule has 0 saturated carbocycles. The Morgan fingerprint density at radius 2 is 1.69 bits per heavy atom. The van der Waals surface area contributed by atoms with Crippen molar-refractivity contribution in [2.45, 2.75) is 36.4 Å². The van der Waals surface area contributed by atoms with Crippen LogP contribution in [0.2, 0.25) is 0 Å². The molecule has 0 unspecified atom stereocenters. The zero-order valence-corrected chi connectivity index (χ0v) is 20.8. The largest absolute Gasteiger partial charge is 0.396 e. The number of hydrogen-bond acceptors (Lipinski definition) is 7. The molecule has 1 aliphatic heterocycles. The van der Waals surface area contributed by atoms with Gasteiger partial charge in [0, 0.05) is 29.2 Å². The fraction of sp³-hybridized carbons (Fsp3) is 0.308. The van der Waals surface area contributed by atoms with Crippen molar-refractivity contribution >= 4 is 27.5 Å². The number of ether oxygens (including phenoxy) is 2. The average Bonchev–Trinajstić information content (AvgIpc) is 2.89. The van der Waals surface area contributed by atoms with Gasteiger partial charge in [0.1, 0.15) is 0 Å². The van der Waals surface area contributed by atoms with Crippen LogP contribution in [0.25, 0.3) is 0 Å². The summed E-state index contributed by atoms with van der Waals surface area (Å²) in [5.74, 6) is 1.32. The summed E-state index contributed by atoms with van der Waals surface area (Å²) in [6.45, 7) is 0.0800. The van der Waals surface area contributed by atoms with Gasteiger partial charge in [-0.25, -0.2) is 8.42 Å². The van der Waals surface area contributed by atoms with Crippen LogP contribution in [0.4, 0.5) is 5.69 Å². The van der Waals surface area contributed by atoms with Crippen LogP contribution in [0, 0.1) is 0 Å². The van der Waals surface area contributed by atoms with E-state index in [0.29, 0.717) is 29.2 Å². The molecule has 0 radical (unpaired) electrons. The first-order valence-electron chi connectivity index (χ1n) is 11.4. The third-order valence-corrected chi connectivity index (χ3v) is 8.09. The molecule has 1 heterocycles. The van der Waals surface area contributed by atoms with E-state index in [-0.39, 0.29) is 30.3 Å². The summed E-state index contributed by atoms with van der Waals surface area (Å²) >= 11 is 1.61. The number of sulfonamides is 1. The zero-order valence-electron chi connectivity index (χ0n) is 19.1. The van der Waals surface area contributed by atoms with Gasteiger partial charge < -0.3 is 19.7 Å². The molecule has 3 aromatic carbocycles. The molecule has 9 heteroatoms. The molecule has 186 valence electrons. The predicted molar refractivity (Wildman–Crippen MR) is 137 cm³/mol. The first-order chi connectivity index (χ1) is 17.0. The van der Waals surface area contributed by atoms with Crippen LogP contribution in [-0.2, 0) is 26.1 Å². The van der Waals surface area contributed by atoms with E-state index in [2.05, 4.69) is 4.72 Å². The summed E-state index contributed by atoms with van der Waals surface area (Å²) in [4.78, 5) is 0.183. The molecule has 0 aromatic heterocycles. The van der Waals surface area contributed by atoms with Crippen molar-refractivity contribution in [1.82, 2.24) is 0 Å². The second-order valence-corrected chi connectivity index (χ2v) is 11.0. The van der Waals surface area contributed by atoms with Gasteiger partial charge in [-0.3, -0.25) is 4.72 Å². The van der Waals surface area contributed by atoms with Crippen molar-refractivity contribution in [3.05, 3.63) is 95.6 Å². The van der Waals surface area contributed by atoms with Gasteiger partial charge in [0.2, 0.25) is 0 Å². The Morgan fingerprint density at radius 1 is 0.914 bits per heavy atom. The summed E-state index contributed by atoms with van der Waals surface area (Å²) in [7, 11) is -3.73. The number of rotatable bonds is 10. The number of hydrogen-bond donors (Lipinski definition) is 3. The van der Waals surface area contributed by atoms with Crippen molar-refractivity contribution in [2.24, 2.45) is 0 Å². The Hall–Kier alpha value is -2.40. The van der Waals surface area contributed by atoms with E-state index in [1.165, 1.54) is 0 Å². The van der Waals surface area contributed by atoms with E-state index in [9.17, 15) is 13.5 Å². The first kappa shape index (κ1) is 25.7. The van der Waals surface area contributed by atoms with E-state index >= 15 is 0 Å². The van der Waals surface area contributed by atoms with Crippen LogP contribution in [-0.4, -0.2) is 42.8 Å². The molecule has 7 nitrogen and oxygen atoms in total. The highest BCUT2D eigenvalue weighted by Gasteiger charge is 2.32. The van der Waals surface area contributed by atoms with E-state index in [1.54, 1.807) is 60.3 Å². The quantitative estimate of drug-likeness (QED) is 0.347. The van der Waals surface area contributed by atoms with E-state index < -0.39 is 16.3 Å². The minimum Gasteiger partial charge on any atom is -0.396 e. The highest BCUT2D eigenvalue weighted by molar-refractivity contribution is 7.99. The molecule has 0 spiro atoms. The van der Waals surface area contributed by atoms with Crippen LogP contribution < -0.4 is 4.72 Å². The molecule has 3 atom stereocenters. The van der Waals surface area contributed by atoms with Gasteiger partial charge in [-0.05, 0) is 35.4 Å². The van der Waals surface area contributed by atoms with Crippen molar-refractivity contribution in [1.29, 1.82) is 0 Å². The smallest absolute Gasteiger partial charge is 0.261 e. The van der Waals surface area contributed by atoms with Crippen LogP contribution in [0.1, 0.15) is 35.5 Å². The zero-order chi connectivity index (χ0) is 24.7. The van der Waals surface area contributed by atoms with Crippen molar-refractivity contribution in [3.8, 4) is 0 Å². The fourth-order valence-electron chi connectivity index (χ4n) is 3.86. The molecule has 1 fully saturated rings. The Labute approximate surface area is 210 Å². The van der Waals surface area contributed by atoms with Crippen LogP contribution in [0.15, 0.2) is 83.8 Å². The molecule has 0 amide bonds. The summed E-state index contributed by atoms with van der Waals surface area (Å²) in [6, 6.07) is 22.9. The van der Waals surface area contributed by atoms with Gasteiger partial charge in [-0.1, -0.05) is 54.6 Å². The summed E-state index contributed by atoms with van der Waals surface area (Å²) < 4.78 is 40.7. The molecule has 4 rings (SSSR count). The number of aliphatic hydroxyl groups is 2. The average molecular weight is 516 g/mol. The molecular weight excluding hydrogens is 486 g/mol. The second kappa shape index (κ2) is 12.0. The fourth-order valence-corrected chi connectivity index (χ4v) is 5.71. The third kappa shape index (κ3) is 6.84. The minimum absolute atomic E-state index is 0.0242. The van der Waals surface area contributed by atoms with Gasteiger partial charge in [-0.2, -0.15) is 11.8 Å². The SMILES string of the molecule is O=S(=O)(Nc1cccc([C@@H]2O[C@H](CSCCO)C[C@H](c3ccc(CO)cc3)O2)c1)c1ccccc1. The molecule has 1 saturated heterocycles. The van der Waals surface area contributed by atoms with Gasteiger partial charge in [-0.15, -0.1) is 0 Å². The van der Waals surface area contributed by atoms with Crippen LogP contribution >= 0.6 is 11.8 Å². The molecular formula is C26H29NO6S2. The van der Waals surface area contributed by atoms with E-state index in [0.717, 1.165) is 11.1 Å². The number of benzene rings is 3. The topological polar surface area (TPSA) is 105 Å². The maximum Gasteiger partial charge on any atom is 0.261 e. The molecule has 3 aromatic rings. The Kier molecular flexibility index (Phi) is 8.83. The first-order valence-corrected chi connectivity index (χ1v) is 14.0. The second-order valence-electron chi connectivity index (χ2n) is 8.19. The maximum absolute atomic E-state index is 12.8. The summed E-state index contributed by atoms with van der Waals surface area (Å²) in [5.41, 5.74) is 2.92.